The van der Waals surface area contributed by atoms with E-state index in [2.05, 4.69) is 0 Å². The Bertz CT molecular complexity index is 475. The average Bonchev–Trinajstić information content (AvgIpc) is 2.52. The van der Waals surface area contributed by atoms with Gasteiger partial charge in [0.2, 0.25) is 0 Å². The van der Waals surface area contributed by atoms with E-state index in [9.17, 15) is 4.79 Å². The molecular weight excluding hydrogens is 200 g/mol. The van der Waals surface area contributed by atoms with Crippen LogP contribution in [0.15, 0.2) is 30.0 Å². The van der Waals surface area contributed by atoms with E-state index < -0.39 is 0 Å². The minimum absolute atomic E-state index is 0.0763. The van der Waals surface area contributed by atoms with Gasteiger partial charge in [-0.15, -0.1) is 0 Å². The van der Waals surface area contributed by atoms with Gasteiger partial charge in [-0.25, -0.2) is 0 Å². The monoisotopic (exact) mass is 216 g/mol. The number of allylic oxidation sites excluding steroid dienone is 1. The summed E-state index contributed by atoms with van der Waals surface area (Å²) in [5, 5.41) is 0. The number of hydrogen-bond acceptors (Lipinski definition) is 2. The molecule has 0 bridgehead atoms. The van der Waals surface area contributed by atoms with Crippen LogP contribution in [-0.4, -0.2) is 32.0 Å². The third-order valence-electron chi connectivity index (χ3n) is 3.09. The van der Waals surface area contributed by atoms with Crippen LogP contribution < -0.4 is 4.90 Å². The highest BCUT2D eigenvalue weighted by Gasteiger charge is 2.31. The van der Waals surface area contributed by atoms with Crippen LogP contribution in [0.3, 0.4) is 0 Å². The number of likely N-dealkylation sites (N-methyl/N-ethyl adjacent to an activating group) is 1. The van der Waals surface area contributed by atoms with Gasteiger partial charge < -0.3 is 9.80 Å². The molecule has 0 spiro atoms. The maximum Gasteiger partial charge on any atom is 0.260 e. The van der Waals surface area contributed by atoms with Crippen LogP contribution in [0.25, 0.3) is 5.57 Å². The van der Waals surface area contributed by atoms with E-state index in [1.165, 1.54) is 0 Å². The van der Waals surface area contributed by atoms with Crippen LogP contribution >= 0.6 is 0 Å². The van der Waals surface area contributed by atoms with Crippen molar-refractivity contribution >= 4 is 17.2 Å². The summed E-state index contributed by atoms with van der Waals surface area (Å²) >= 11 is 0. The lowest BCUT2D eigenvalue weighted by Crippen LogP contribution is -2.22. The maximum atomic E-state index is 12.1. The number of nitrogens with zero attached hydrogens (tertiary/aromatic N) is 2. The molecule has 0 saturated heterocycles. The third-order valence-corrected chi connectivity index (χ3v) is 3.09. The van der Waals surface area contributed by atoms with Crippen molar-refractivity contribution in [3.8, 4) is 0 Å². The molecule has 3 heteroatoms. The highest BCUT2D eigenvalue weighted by molar-refractivity contribution is 6.32. The van der Waals surface area contributed by atoms with Crippen molar-refractivity contribution in [1.29, 1.82) is 0 Å². The molecule has 1 heterocycles. The smallest absolute Gasteiger partial charge is 0.260 e. The first kappa shape index (κ1) is 10.7. The first-order chi connectivity index (χ1) is 7.54. The fourth-order valence-electron chi connectivity index (χ4n) is 1.94. The molecule has 0 N–H and O–H groups in total. The van der Waals surface area contributed by atoms with Crippen LogP contribution in [0.5, 0.6) is 0 Å². The Kier molecular flexibility index (Phi) is 2.46. The minimum Gasteiger partial charge on any atom is -0.381 e. The summed E-state index contributed by atoms with van der Waals surface area (Å²) in [5.41, 5.74) is 3.83. The molecule has 0 aliphatic carbocycles. The van der Waals surface area contributed by atoms with E-state index >= 15 is 0 Å². The molecule has 1 aromatic rings. The molecular formula is C13H16N2O. The highest BCUT2D eigenvalue weighted by Crippen LogP contribution is 2.37. The van der Waals surface area contributed by atoms with E-state index in [1.807, 2.05) is 57.2 Å². The Labute approximate surface area is 96.0 Å². The third kappa shape index (κ3) is 1.40. The number of carbonyl (C=O) groups is 1. The first-order valence-corrected chi connectivity index (χ1v) is 5.29. The van der Waals surface area contributed by atoms with E-state index in [1.54, 1.807) is 4.90 Å². The van der Waals surface area contributed by atoms with Gasteiger partial charge >= 0.3 is 0 Å². The lowest BCUT2D eigenvalue weighted by Gasteiger charge is -2.15. The Balaban J connectivity index is 2.67. The van der Waals surface area contributed by atoms with Crippen molar-refractivity contribution in [2.75, 3.05) is 26.0 Å². The normalized spacial score (nSPS) is 17.5. The lowest BCUT2D eigenvalue weighted by atomic mass is 10.1. The largest absolute Gasteiger partial charge is 0.381 e. The number of carbonyl (C=O) groups excluding carboxylic acids is 1. The summed E-state index contributed by atoms with van der Waals surface area (Å²) in [6.45, 7) is 1.98. The van der Waals surface area contributed by atoms with Crippen LogP contribution in [0.2, 0.25) is 0 Å². The van der Waals surface area contributed by atoms with Crippen LogP contribution in [0.1, 0.15) is 12.5 Å². The number of hydrogen-bond donors (Lipinski definition) is 0. The van der Waals surface area contributed by atoms with Gasteiger partial charge in [0.05, 0.1) is 11.3 Å². The van der Waals surface area contributed by atoms with E-state index in [-0.39, 0.29) is 5.91 Å². The second-order valence-corrected chi connectivity index (χ2v) is 4.24. The Morgan fingerprint density at radius 3 is 2.50 bits per heavy atom. The van der Waals surface area contributed by atoms with Crippen molar-refractivity contribution in [1.82, 2.24) is 4.90 Å². The molecule has 0 unspecified atom stereocenters. The molecule has 0 atom stereocenters. The quantitative estimate of drug-likeness (QED) is 0.670. The van der Waals surface area contributed by atoms with Gasteiger partial charge in [0.15, 0.2) is 0 Å². The number of fused-ring (bicyclic) bond motifs is 1. The van der Waals surface area contributed by atoms with Crippen LogP contribution in [0, 0.1) is 0 Å². The van der Waals surface area contributed by atoms with Crippen LogP contribution in [0.4, 0.5) is 5.69 Å². The summed E-state index contributed by atoms with van der Waals surface area (Å²) in [6.07, 6.45) is 0. The number of amides is 1. The van der Waals surface area contributed by atoms with Gasteiger partial charge in [-0.1, -0.05) is 18.2 Å². The van der Waals surface area contributed by atoms with E-state index in [4.69, 9.17) is 0 Å². The molecule has 84 valence electrons. The van der Waals surface area contributed by atoms with Gasteiger partial charge in [-0.05, 0) is 13.0 Å². The van der Waals surface area contributed by atoms with Crippen molar-refractivity contribution < 1.29 is 4.79 Å². The first-order valence-electron chi connectivity index (χ1n) is 5.29. The predicted octanol–water partition coefficient (Wildman–Crippen LogP) is 1.96. The summed E-state index contributed by atoms with van der Waals surface area (Å²) in [4.78, 5) is 15.8. The standard InChI is InChI=1S/C13H16N2O/c1-9(14(2)3)12-10-7-5-6-8-11(10)15(4)13(12)16/h5-8H,1-4H3/b12-9-. The van der Waals surface area contributed by atoms with Crippen molar-refractivity contribution in [3.05, 3.63) is 35.5 Å². The zero-order valence-corrected chi connectivity index (χ0v) is 10.1. The summed E-state index contributed by atoms with van der Waals surface area (Å²) in [7, 11) is 5.73. The van der Waals surface area contributed by atoms with Crippen molar-refractivity contribution in [2.24, 2.45) is 0 Å². The second kappa shape index (κ2) is 3.67. The fraction of sp³-hybridized carbons (Fsp3) is 0.308. The Hall–Kier alpha value is -1.77. The van der Waals surface area contributed by atoms with Gasteiger partial charge in [0, 0.05) is 32.4 Å². The topological polar surface area (TPSA) is 23.6 Å². The van der Waals surface area contributed by atoms with E-state index in [0.29, 0.717) is 0 Å². The zero-order valence-electron chi connectivity index (χ0n) is 10.1. The highest BCUT2D eigenvalue weighted by atomic mass is 16.2. The molecule has 1 aliphatic heterocycles. The number of para-hydroxylation sites is 1. The summed E-state index contributed by atoms with van der Waals surface area (Å²) < 4.78 is 0. The molecule has 0 aromatic heterocycles. The average molecular weight is 216 g/mol. The maximum absolute atomic E-state index is 12.1. The summed E-state index contributed by atoms with van der Waals surface area (Å²) in [6, 6.07) is 7.90. The molecule has 1 amide bonds. The van der Waals surface area contributed by atoms with Gasteiger partial charge in [0.1, 0.15) is 0 Å². The van der Waals surface area contributed by atoms with Gasteiger partial charge in [0.25, 0.3) is 5.91 Å². The number of rotatable bonds is 1. The molecule has 16 heavy (non-hydrogen) atoms. The second-order valence-electron chi connectivity index (χ2n) is 4.24. The Morgan fingerprint density at radius 1 is 1.25 bits per heavy atom. The predicted molar refractivity (Wildman–Crippen MR) is 66.1 cm³/mol. The molecule has 3 nitrogen and oxygen atoms in total. The molecule has 0 fully saturated rings. The minimum atomic E-state index is 0.0763. The van der Waals surface area contributed by atoms with E-state index in [0.717, 1.165) is 22.5 Å². The molecule has 2 rings (SSSR count). The summed E-state index contributed by atoms with van der Waals surface area (Å²) in [5.74, 6) is 0.0763. The molecule has 0 radical (unpaired) electrons. The Morgan fingerprint density at radius 2 is 1.88 bits per heavy atom. The number of benzene rings is 1. The zero-order chi connectivity index (χ0) is 11.9. The number of anilines is 1. The fourth-order valence-corrected chi connectivity index (χ4v) is 1.94. The lowest BCUT2D eigenvalue weighted by molar-refractivity contribution is -0.112. The SMILES string of the molecule is C/C(=C1/C(=O)N(C)c2ccccc21)N(C)C. The van der Waals surface area contributed by atoms with Crippen molar-refractivity contribution in [2.45, 2.75) is 6.92 Å². The van der Waals surface area contributed by atoms with Gasteiger partial charge in [-0.2, -0.15) is 0 Å². The molecule has 1 aromatic carbocycles. The molecule has 1 aliphatic rings. The van der Waals surface area contributed by atoms with Crippen molar-refractivity contribution in [3.63, 3.8) is 0 Å². The van der Waals surface area contributed by atoms with Gasteiger partial charge in [-0.3, -0.25) is 4.79 Å². The van der Waals surface area contributed by atoms with Crippen LogP contribution in [-0.2, 0) is 4.79 Å². The molecule has 0 saturated carbocycles.